The van der Waals surface area contributed by atoms with E-state index < -0.39 is 11.7 Å². The van der Waals surface area contributed by atoms with E-state index in [1.807, 2.05) is 24.3 Å². The molecular formula is C13H14F3N. The minimum atomic E-state index is -4.21. The highest BCUT2D eigenvalue weighted by Crippen LogP contribution is 2.32. The second-order valence-electron chi connectivity index (χ2n) is 4.15. The quantitative estimate of drug-likeness (QED) is 0.771. The van der Waals surface area contributed by atoms with Crippen LogP contribution < -0.4 is 5.32 Å². The largest absolute Gasteiger partial charge is 0.412 e. The van der Waals surface area contributed by atoms with E-state index in [2.05, 4.69) is 5.32 Å². The Morgan fingerprint density at radius 3 is 2.59 bits per heavy atom. The Morgan fingerprint density at radius 1 is 1.12 bits per heavy atom. The lowest BCUT2D eigenvalue weighted by molar-refractivity contribution is -0.0941. The fourth-order valence-corrected chi connectivity index (χ4v) is 1.90. The van der Waals surface area contributed by atoms with Crippen molar-refractivity contribution in [3.05, 3.63) is 47.3 Å². The number of allylic oxidation sites excluding steroid dienone is 7. The van der Waals surface area contributed by atoms with Gasteiger partial charge in [-0.05, 0) is 37.8 Å². The zero-order chi connectivity index (χ0) is 12.3. The molecule has 0 aromatic carbocycles. The fourth-order valence-electron chi connectivity index (χ4n) is 1.90. The molecule has 0 saturated heterocycles. The lowest BCUT2D eigenvalue weighted by Gasteiger charge is -2.19. The maximum Gasteiger partial charge on any atom is 0.412 e. The van der Waals surface area contributed by atoms with Crippen molar-refractivity contribution in [3.8, 4) is 0 Å². The van der Waals surface area contributed by atoms with Crippen molar-refractivity contribution in [2.45, 2.75) is 31.9 Å². The number of alkyl halides is 3. The van der Waals surface area contributed by atoms with Gasteiger partial charge in [0.05, 0.1) is 0 Å². The molecule has 0 saturated carbocycles. The maximum absolute atomic E-state index is 12.5. The third kappa shape index (κ3) is 3.25. The molecule has 17 heavy (non-hydrogen) atoms. The van der Waals surface area contributed by atoms with Gasteiger partial charge in [-0.3, -0.25) is 0 Å². The topological polar surface area (TPSA) is 12.0 Å². The molecule has 1 N–H and O–H groups in total. The van der Waals surface area contributed by atoms with Gasteiger partial charge in [0, 0.05) is 17.0 Å². The van der Waals surface area contributed by atoms with E-state index in [9.17, 15) is 13.2 Å². The Morgan fingerprint density at radius 2 is 1.94 bits per heavy atom. The standard InChI is InChI=1S/C13H14F3N/c14-13(15,16)10-5-4-8-12(9-10)17-11-6-2-1-3-7-11/h1-2,6,8-9,17H,3-5,7H2. The second kappa shape index (κ2) is 4.82. The summed E-state index contributed by atoms with van der Waals surface area (Å²) in [6.07, 6.45) is 6.98. The van der Waals surface area contributed by atoms with Crippen LogP contribution in [-0.4, -0.2) is 6.18 Å². The first-order valence-corrected chi connectivity index (χ1v) is 5.66. The molecule has 0 heterocycles. The Hall–Kier alpha value is -1.45. The summed E-state index contributed by atoms with van der Waals surface area (Å²) in [6.45, 7) is 0. The summed E-state index contributed by atoms with van der Waals surface area (Å²) in [5.74, 6) is 0. The summed E-state index contributed by atoms with van der Waals surface area (Å²) in [4.78, 5) is 0. The number of nitrogens with one attached hydrogen (secondary N) is 1. The van der Waals surface area contributed by atoms with Crippen molar-refractivity contribution in [1.29, 1.82) is 0 Å². The number of hydrogen-bond acceptors (Lipinski definition) is 1. The first-order valence-electron chi connectivity index (χ1n) is 5.66. The molecule has 0 bridgehead atoms. The van der Waals surface area contributed by atoms with E-state index in [4.69, 9.17) is 0 Å². The van der Waals surface area contributed by atoms with Crippen LogP contribution in [0.2, 0.25) is 0 Å². The van der Waals surface area contributed by atoms with Gasteiger partial charge in [-0.1, -0.05) is 18.2 Å². The smallest absolute Gasteiger partial charge is 0.359 e. The average molecular weight is 241 g/mol. The Bertz CT molecular complexity index is 411. The van der Waals surface area contributed by atoms with E-state index in [-0.39, 0.29) is 6.42 Å². The molecule has 0 fully saturated rings. The van der Waals surface area contributed by atoms with Crippen LogP contribution in [0.3, 0.4) is 0 Å². The lowest BCUT2D eigenvalue weighted by Crippen LogP contribution is -2.19. The predicted octanol–water partition coefficient (Wildman–Crippen LogP) is 3.98. The maximum atomic E-state index is 12.5. The highest BCUT2D eigenvalue weighted by molar-refractivity contribution is 5.32. The molecule has 0 aliphatic heterocycles. The molecule has 0 amide bonds. The van der Waals surface area contributed by atoms with Gasteiger partial charge in [0.15, 0.2) is 0 Å². The number of rotatable bonds is 2. The summed E-state index contributed by atoms with van der Waals surface area (Å²) in [6, 6.07) is 0. The summed E-state index contributed by atoms with van der Waals surface area (Å²) in [7, 11) is 0. The zero-order valence-electron chi connectivity index (χ0n) is 9.35. The predicted molar refractivity (Wildman–Crippen MR) is 61.0 cm³/mol. The van der Waals surface area contributed by atoms with Gasteiger partial charge in [-0.2, -0.15) is 13.2 Å². The van der Waals surface area contributed by atoms with Crippen molar-refractivity contribution in [2.75, 3.05) is 0 Å². The molecule has 0 aromatic rings. The molecule has 2 aliphatic rings. The van der Waals surface area contributed by atoms with Crippen LogP contribution in [0.25, 0.3) is 0 Å². The first kappa shape index (κ1) is 12.0. The molecule has 1 nitrogen and oxygen atoms in total. The summed E-state index contributed by atoms with van der Waals surface area (Å²) in [5.41, 5.74) is 1.08. The molecule has 0 unspecified atom stereocenters. The number of hydrogen-bond donors (Lipinski definition) is 1. The van der Waals surface area contributed by atoms with E-state index in [1.165, 1.54) is 6.08 Å². The van der Waals surface area contributed by atoms with Crippen molar-refractivity contribution in [3.63, 3.8) is 0 Å². The van der Waals surface area contributed by atoms with Crippen LogP contribution in [0.1, 0.15) is 25.7 Å². The highest BCUT2D eigenvalue weighted by Gasteiger charge is 2.33. The normalized spacial score (nSPS) is 20.5. The summed E-state index contributed by atoms with van der Waals surface area (Å²) in [5, 5.41) is 3.05. The van der Waals surface area contributed by atoms with Crippen molar-refractivity contribution in [1.82, 2.24) is 5.32 Å². The van der Waals surface area contributed by atoms with Gasteiger partial charge in [0.2, 0.25) is 0 Å². The Kier molecular flexibility index (Phi) is 3.41. The first-order chi connectivity index (χ1) is 8.05. The average Bonchev–Trinajstić information content (AvgIpc) is 2.29. The summed E-state index contributed by atoms with van der Waals surface area (Å²) < 4.78 is 37.6. The molecule has 4 heteroatoms. The molecule has 2 aliphatic carbocycles. The molecule has 2 rings (SSSR count). The van der Waals surface area contributed by atoms with Crippen molar-refractivity contribution >= 4 is 0 Å². The third-order valence-corrected chi connectivity index (χ3v) is 2.79. The SMILES string of the molecule is FC(F)(F)C1=CC(NC2=CC=CCC2)=CCC1. The van der Waals surface area contributed by atoms with Gasteiger partial charge in [0.1, 0.15) is 0 Å². The van der Waals surface area contributed by atoms with Crippen molar-refractivity contribution in [2.24, 2.45) is 0 Å². The minimum Gasteiger partial charge on any atom is -0.359 e. The molecule has 0 radical (unpaired) electrons. The van der Waals surface area contributed by atoms with Crippen molar-refractivity contribution < 1.29 is 13.2 Å². The minimum absolute atomic E-state index is 0.0770. The second-order valence-corrected chi connectivity index (χ2v) is 4.15. The van der Waals surface area contributed by atoms with E-state index >= 15 is 0 Å². The third-order valence-electron chi connectivity index (χ3n) is 2.79. The Labute approximate surface area is 98.4 Å². The van der Waals surface area contributed by atoms with E-state index in [1.54, 1.807) is 0 Å². The van der Waals surface area contributed by atoms with Crippen LogP contribution in [-0.2, 0) is 0 Å². The van der Waals surface area contributed by atoms with Crippen LogP contribution in [0.15, 0.2) is 47.3 Å². The van der Waals surface area contributed by atoms with Gasteiger partial charge >= 0.3 is 6.18 Å². The highest BCUT2D eigenvalue weighted by atomic mass is 19.4. The van der Waals surface area contributed by atoms with Gasteiger partial charge in [-0.15, -0.1) is 0 Å². The molecule has 92 valence electrons. The summed E-state index contributed by atoms with van der Waals surface area (Å²) >= 11 is 0. The van der Waals surface area contributed by atoms with Gasteiger partial charge in [-0.25, -0.2) is 0 Å². The fraction of sp³-hybridized carbons (Fsp3) is 0.385. The molecular weight excluding hydrogens is 227 g/mol. The van der Waals surface area contributed by atoms with Crippen LogP contribution >= 0.6 is 0 Å². The monoisotopic (exact) mass is 241 g/mol. The van der Waals surface area contributed by atoms with Gasteiger partial charge < -0.3 is 5.32 Å². The van der Waals surface area contributed by atoms with Crippen LogP contribution in [0, 0.1) is 0 Å². The Balaban J connectivity index is 2.07. The number of halogens is 3. The van der Waals surface area contributed by atoms with E-state index in [0.29, 0.717) is 12.1 Å². The molecule has 0 spiro atoms. The molecule has 0 aromatic heterocycles. The van der Waals surface area contributed by atoms with Crippen LogP contribution in [0.4, 0.5) is 13.2 Å². The van der Waals surface area contributed by atoms with Gasteiger partial charge in [0.25, 0.3) is 0 Å². The lowest BCUT2D eigenvalue weighted by atomic mass is 10.0. The van der Waals surface area contributed by atoms with Crippen LogP contribution in [0.5, 0.6) is 0 Å². The zero-order valence-corrected chi connectivity index (χ0v) is 9.35. The molecule has 0 atom stereocenters. The van der Waals surface area contributed by atoms with E-state index in [0.717, 1.165) is 18.5 Å².